The standard InChI is InChI=1S/C14H19FN2OS/c1-10-13(18)17(8-7-16(2)3)14(19-10)11-5-4-6-12(15)9-11/h4-6,9-10,14H,7-8H2,1-3H3/t10-,14+/m0/s1. The number of nitrogens with zero attached hydrogens (tertiary/aromatic N) is 2. The number of benzene rings is 1. The highest BCUT2D eigenvalue weighted by Crippen LogP contribution is 2.42. The minimum atomic E-state index is -0.252. The topological polar surface area (TPSA) is 23.6 Å². The zero-order valence-corrected chi connectivity index (χ0v) is 12.3. The van der Waals surface area contributed by atoms with Crippen LogP contribution >= 0.6 is 11.8 Å². The number of halogens is 1. The molecule has 0 unspecified atom stereocenters. The minimum Gasteiger partial charge on any atom is -0.324 e. The number of hydrogen-bond acceptors (Lipinski definition) is 3. The number of amides is 1. The summed E-state index contributed by atoms with van der Waals surface area (Å²) in [6.07, 6.45) is 0. The molecular formula is C14H19FN2OS. The average molecular weight is 282 g/mol. The Labute approximate surface area is 117 Å². The van der Waals surface area contributed by atoms with Gasteiger partial charge < -0.3 is 9.80 Å². The number of hydrogen-bond donors (Lipinski definition) is 0. The van der Waals surface area contributed by atoms with Crippen molar-refractivity contribution < 1.29 is 9.18 Å². The molecule has 2 rings (SSSR count). The lowest BCUT2D eigenvalue weighted by Crippen LogP contribution is -2.36. The fraction of sp³-hybridized carbons (Fsp3) is 0.500. The molecule has 0 aliphatic carbocycles. The van der Waals surface area contributed by atoms with Gasteiger partial charge in [-0.1, -0.05) is 12.1 Å². The fourth-order valence-electron chi connectivity index (χ4n) is 2.13. The van der Waals surface area contributed by atoms with Crippen molar-refractivity contribution in [1.82, 2.24) is 9.80 Å². The Morgan fingerprint density at radius 1 is 1.42 bits per heavy atom. The molecule has 1 aromatic rings. The van der Waals surface area contributed by atoms with E-state index in [4.69, 9.17) is 0 Å². The Bertz CT molecular complexity index is 467. The van der Waals surface area contributed by atoms with Gasteiger partial charge in [-0.15, -0.1) is 11.8 Å². The molecule has 19 heavy (non-hydrogen) atoms. The van der Waals surface area contributed by atoms with Crippen LogP contribution in [0.25, 0.3) is 0 Å². The predicted octanol–water partition coefficient (Wildman–Crippen LogP) is 2.35. The van der Waals surface area contributed by atoms with E-state index in [9.17, 15) is 9.18 Å². The van der Waals surface area contributed by atoms with Crippen LogP contribution in [0.2, 0.25) is 0 Å². The summed E-state index contributed by atoms with van der Waals surface area (Å²) in [4.78, 5) is 16.1. The van der Waals surface area contributed by atoms with Crippen molar-refractivity contribution >= 4 is 17.7 Å². The normalized spacial score (nSPS) is 23.4. The Hall–Kier alpha value is -1.07. The van der Waals surface area contributed by atoms with Gasteiger partial charge in [0.1, 0.15) is 11.2 Å². The van der Waals surface area contributed by atoms with Gasteiger partial charge in [-0.05, 0) is 38.7 Å². The van der Waals surface area contributed by atoms with Crippen LogP contribution in [0.15, 0.2) is 24.3 Å². The molecule has 104 valence electrons. The number of thioether (sulfide) groups is 1. The molecule has 3 nitrogen and oxygen atoms in total. The van der Waals surface area contributed by atoms with E-state index in [1.807, 2.05) is 36.9 Å². The van der Waals surface area contributed by atoms with E-state index in [2.05, 4.69) is 0 Å². The number of likely N-dealkylation sites (N-methyl/N-ethyl adjacent to an activating group) is 1. The van der Waals surface area contributed by atoms with Gasteiger partial charge in [0, 0.05) is 13.1 Å². The third kappa shape index (κ3) is 3.28. The summed E-state index contributed by atoms with van der Waals surface area (Å²) in [5, 5.41) is -0.131. The minimum absolute atomic E-state index is 0.0598. The van der Waals surface area contributed by atoms with Crippen LogP contribution in [0, 0.1) is 5.82 Å². The van der Waals surface area contributed by atoms with Gasteiger partial charge in [0.2, 0.25) is 5.91 Å². The van der Waals surface area contributed by atoms with Gasteiger partial charge in [0.15, 0.2) is 0 Å². The monoisotopic (exact) mass is 282 g/mol. The third-order valence-electron chi connectivity index (χ3n) is 3.17. The Balaban J connectivity index is 2.19. The largest absolute Gasteiger partial charge is 0.324 e. The second kappa shape index (κ2) is 5.92. The maximum atomic E-state index is 13.3. The lowest BCUT2D eigenvalue weighted by atomic mass is 10.2. The van der Waals surface area contributed by atoms with E-state index >= 15 is 0 Å². The van der Waals surface area contributed by atoms with Crippen LogP contribution in [-0.2, 0) is 4.79 Å². The first-order valence-electron chi connectivity index (χ1n) is 6.35. The highest BCUT2D eigenvalue weighted by Gasteiger charge is 2.38. The molecule has 1 aromatic carbocycles. The molecule has 0 N–H and O–H groups in total. The van der Waals surface area contributed by atoms with Crippen LogP contribution in [0.1, 0.15) is 17.9 Å². The zero-order valence-electron chi connectivity index (χ0n) is 11.5. The fourth-order valence-corrected chi connectivity index (χ4v) is 3.43. The molecule has 0 saturated carbocycles. The molecule has 1 amide bonds. The first kappa shape index (κ1) is 14.3. The first-order chi connectivity index (χ1) is 8.99. The van der Waals surface area contributed by atoms with Crippen LogP contribution in [0.4, 0.5) is 4.39 Å². The van der Waals surface area contributed by atoms with E-state index in [-0.39, 0.29) is 22.3 Å². The Morgan fingerprint density at radius 2 is 2.16 bits per heavy atom. The van der Waals surface area contributed by atoms with Crippen LogP contribution in [0.3, 0.4) is 0 Å². The molecule has 5 heteroatoms. The van der Waals surface area contributed by atoms with Gasteiger partial charge in [0.25, 0.3) is 0 Å². The van der Waals surface area contributed by atoms with Crippen molar-refractivity contribution in [1.29, 1.82) is 0 Å². The van der Waals surface area contributed by atoms with Gasteiger partial charge in [-0.25, -0.2) is 4.39 Å². The van der Waals surface area contributed by atoms with Crippen molar-refractivity contribution in [2.75, 3.05) is 27.2 Å². The molecule has 1 saturated heterocycles. The van der Waals surface area contributed by atoms with Gasteiger partial charge in [-0.3, -0.25) is 4.79 Å². The maximum Gasteiger partial charge on any atom is 0.236 e. The second-order valence-corrected chi connectivity index (χ2v) is 6.45. The summed E-state index contributed by atoms with van der Waals surface area (Å²) >= 11 is 1.59. The van der Waals surface area contributed by atoms with Crippen molar-refractivity contribution in [3.05, 3.63) is 35.6 Å². The van der Waals surface area contributed by atoms with E-state index in [1.54, 1.807) is 17.8 Å². The SMILES string of the molecule is C[C@@H]1S[C@H](c2cccc(F)c2)N(CCN(C)C)C1=O. The van der Waals surface area contributed by atoms with Gasteiger partial charge in [-0.2, -0.15) is 0 Å². The molecule has 1 heterocycles. The molecular weight excluding hydrogens is 263 g/mol. The van der Waals surface area contributed by atoms with Crippen molar-refractivity contribution in [3.63, 3.8) is 0 Å². The van der Waals surface area contributed by atoms with E-state index in [0.29, 0.717) is 6.54 Å². The first-order valence-corrected chi connectivity index (χ1v) is 7.29. The Morgan fingerprint density at radius 3 is 2.79 bits per heavy atom. The predicted molar refractivity (Wildman–Crippen MR) is 76.5 cm³/mol. The molecule has 1 fully saturated rings. The zero-order chi connectivity index (χ0) is 14.0. The summed E-state index contributed by atoms with van der Waals surface area (Å²) in [6, 6.07) is 6.53. The lowest BCUT2D eigenvalue weighted by molar-refractivity contribution is -0.129. The maximum absolute atomic E-state index is 13.3. The lowest BCUT2D eigenvalue weighted by Gasteiger charge is -2.25. The van der Waals surface area contributed by atoms with Gasteiger partial charge >= 0.3 is 0 Å². The smallest absolute Gasteiger partial charge is 0.236 e. The highest BCUT2D eigenvalue weighted by atomic mass is 32.2. The van der Waals surface area contributed by atoms with Crippen molar-refractivity contribution in [2.24, 2.45) is 0 Å². The molecule has 0 radical (unpaired) electrons. The molecule has 1 aliphatic rings. The molecule has 0 spiro atoms. The van der Waals surface area contributed by atoms with Crippen molar-refractivity contribution in [2.45, 2.75) is 17.5 Å². The average Bonchev–Trinajstić information content (AvgIpc) is 2.63. The summed E-state index contributed by atoms with van der Waals surface area (Å²) < 4.78 is 13.3. The summed E-state index contributed by atoms with van der Waals surface area (Å²) in [5.74, 6) is -0.112. The van der Waals surface area contributed by atoms with E-state index in [1.165, 1.54) is 12.1 Å². The van der Waals surface area contributed by atoms with E-state index in [0.717, 1.165) is 12.1 Å². The third-order valence-corrected chi connectivity index (χ3v) is 4.56. The van der Waals surface area contributed by atoms with Gasteiger partial charge in [0.05, 0.1) is 5.25 Å². The summed E-state index contributed by atoms with van der Waals surface area (Å²) in [5.41, 5.74) is 0.862. The molecule has 1 aliphatic heterocycles. The van der Waals surface area contributed by atoms with Crippen LogP contribution < -0.4 is 0 Å². The van der Waals surface area contributed by atoms with Crippen LogP contribution in [-0.4, -0.2) is 48.1 Å². The van der Waals surface area contributed by atoms with Crippen molar-refractivity contribution in [3.8, 4) is 0 Å². The number of carbonyl (C=O) groups excluding carboxylic acids is 1. The van der Waals surface area contributed by atoms with Crippen LogP contribution in [0.5, 0.6) is 0 Å². The molecule has 2 atom stereocenters. The van der Waals surface area contributed by atoms with E-state index < -0.39 is 0 Å². The Kier molecular flexibility index (Phi) is 4.47. The highest BCUT2D eigenvalue weighted by molar-refractivity contribution is 8.01. The summed E-state index contributed by atoms with van der Waals surface area (Å²) in [6.45, 7) is 3.39. The number of carbonyl (C=O) groups is 1. The quantitative estimate of drug-likeness (QED) is 0.847. The summed E-state index contributed by atoms with van der Waals surface area (Å²) in [7, 11) is 3.96. The number of rotatable bonds is 4. The molecule has 0 aromatic heterocycles. The molecule has 0 bridgehead atoms. The second-order valence-electron chi connectivity index (χ2n) is 5.02.